The monoisotopic (exact) mass is 1090 g/mol. The number of anilines is 2. The Morgan fingerprint density at radius 2 is 1.18 bits per heavy atom. The molecule has 0 bridgehead atoms. The van der Waals surface area contributed by atoms with Crippen LogP contribution in [-0.4, -0.2) is 94.6 Å². The van der Waals surface area contributed by atoms with Gasteiger partial charge in [0, 0.05) is 91.1 Å². The third-order valence-corrected chi connectivity index (χ3v) is 13.1. The van der Waals surface area contributed by atoms with Gasteiger partial charge in [-0.25, -0.2) is 36.7 Å². The van der Waals surface area contributed by atoms with Crippen LogP contribution in [0.3, 0.4) is 0 Å². The van der Waals surface area contributed by atoms with Gasteiger partial charge in [-0.05, 0) is 123 Å². The Hall–Kier alpha value is -6.74. The van der Waals surface area contributed by atoms with Crippen molar-refractivity contribution in [2.75, 3.05) is 50.0 Å². The normalized spacial score (nSPS) is 16.2. The van der Waals surface area contributed by atoms with E-state index < -0.39 is 47.5 Å². The largest absolute Gasteiger partial charge is 0.449 e. The van der Waals surface area contributed by atoms with E-state index in [0.29, 0.717) is 105 Å². The van der Waals surface area contributed by atoms with Crippen molar-refractivity contribution in [1.29, 1.82) is 0 Å². The Morgan fingerprint density at radius 1 is 0.676 bits per heavy atom. The highest BCUT2D eigenvalue weighted by Gasteiger charge is 2.32. The summed E-state index contributed by atoms with van der Waals surface area (Å²) in [5, 5.41) is 7.74. The van der Waals surface area contributed by atoms with E-state index in [-0.39, 0.29) is 63.9 Å². The molecule has 2 saturated heterocycles. The maximum atomic E-state index is 14.7. The Bertz CT molecular complexity index is 2860. The van der Waals surface area contributed by atoms with Crippen molar-refractivity contribution in [2.24, 2.45) is 5.73 Å². The molecule has 0 spiro atoms. The molecule has 5 N–H and O–H groups in total. The van der Waals surface area contributed by atoms with Gasteiger partial charge >= 0.3 is 12.2 Å². The molecule has 5 aromatic rings. The smallest absolute Gasteiger partial charge is 0.419 e. The number of carbonyl (C=O) groups excluding carboxylic acids is 6. The van der Waals surface area contributed by atoms with Crippen LogP contribution in [0.1, 0.15) is 106 Å². The summed E-state index contributed by atoms with van der Waals surface area (Å²) in [7, 11) is 0. The molecule has 3 heterocycles. The molecule has 2 aliphatic carbocycles. The standard InChI is InChI=1S/C24H24ClF2N3O4.C16H13ClF2N2O.C11H15N3O3.ClH/c25-17-13-14(4-7-18(17)26)28-23(32)16-5-8-19(27)22-15(16)6-9-20(22)29-24(33)34-12-2-11-30-10-1-3-21(30)31;17-11-7-8(1-4-12(11)18)21-16(22)10-2-5-13(19)15-9(10)3-6-14(15)20;15-10-3-1-5-13(10)6-2-8-17-11(16)14-7-4-12-9-14;/h4-5,7-8,13,20H,1-3,6,9-12H2,(H,28,32)(H,29,33);1-2,4-5,7,14H,3,6,20H2,(H,21,22);4,7,9H,1-3,5-6,8H2;1H/t20-;14-;;/m00../s1. The minimum absolute atomic E-state index is 0. The second-order valence-corrected chi connectivity index (χ2v) is 18.2. The molecule has 0 unspecified atom stereocenters. The summed E-state index contributed by atoms with van der Waals surface area (Å²) in [6, 6.07) is 11.9. The van der Waals surface area contributed by atoms with Crippen molar-refractivity contribution in [2.45, 2.75) is 76.3 Å². The summed E-state index contributed by atoms with van der Waals surface area (Å²) in [5.74, 6) is -2.64. The lowest BCUT2D eigenvalue weighted by Crippen LogP contribution is -2.30. The summed E-state index contributed by atoms with van der Waals surface area (Å²) in [6.07, 6.45) is 9.49. The van der Waals surface area contributed by atoms with Crippen LogP contribution < -0.4 is 21.7 Å². The molecule has 4 aromatic carbocycles. The second-order valence-electron chi connectivity index (χ2n) is 17.4. The predicted molar refractivity (Wildman–Crippen MR) is 269 cm³/mol. The highest BCUT2D eigenvalue weighted by Crippen LogP contribution is 2.37. The SMILES string of the molecule is Cl.N[C@H]1CCc2c(C(=O)Nc3ccc(F)c(Cl)c3)ccc(F)c21.O=C(N[C@H]1CCc2c(C(=O)Nc3ccc(F)c(Cl)c3)ccc(F)c21)OCCCN1CCCC1=O.O=C1CCCN1CCCOC(=O)n1ccnc1. The van der Waals surface area contributed by atoms with Crippen LogP contribution in [0, 0.1) is 23.3 Å². The lowest BCUT2D eigenvalue weighted by molar-refractivity contribution is -0.128. The van der Waals surface area contributed by atoms with Crippen molar-refractivity contribution in [3.63, 3.8) is 0 Å². The Kier molecular flexibility index (Phi) is 20.2. The first-order chi connectivity index (χ1) is 35.1. The first-order valence-electron chi connectivity index (χ1n) is 23.6. The van der Waals surface area contributed by atoms with Gasteiger partial charge in [-0.15, -0.1) is 12.4 Å². The predicted octanol–water partition coefficient (Wildman–Crippen LogP) is 9.72. The van der Waals surface area contributed by atoms with E-state index in [1.54, 1.807) is 4.90 Å². The number of imidazole rings is 1. The molecule has 0 radical (unpaired) electrons. The molecule has 74 heavy (non-hydrogen) atoms. The van der Waals surface area contributed by atoms with Gasteiger partial charge in [-0.1, -0.05) is 23.2 Å². The van der Waals surface area contributed by atoms with Gasteiger partial charge in [0.2, 0.25) is 11.8 Å². The average molecular weight is 1090 g/mol. The summed E-state index contributed by atoms with van der Waals surface area (Å²) in [5.41, 5.74) is 9.00. The summed E-state index contributed by atoms with van der Waals surface area (Å²) in [4.78, 5) is 79.0. The molecule has 2 aliphatic heterocycles. The number of hydrogen-bond donors (Lipinski definition) is 4. The second kappa shape index (κ2) is 26.5. The number of amides is 5. The van der Waals surface area contributed by atoms with Gasteiger partial charge in [0.1, 0.15) is 29.6 Å². The van der Waals surface area contributed by atoms with Crippen molar-refractivity contribution in [3.05, 3.63) is 146 Å². The third-order valence-electron chi connectivity index (χ3n) is 12.5. The van der Waals surface area contributed by atoms with E-state index in [1.807, 2.05) is 4.90 Å². The van der Waals surface area contributed by atoms with Gasteiger partial charge in [-0.2, -0.15) is 0 Å². The fraction of sp³-hybridized carbons (Fsp3) is 0.353. The number of fused-ring (bicyclic) bond motifs is 2. The minimum Gasteiger partial charge on any atom is -0.449 e. The zero-order chi connectivity index (χ0) is 52.2. The highest BCUT2D eigenvalue weighted by atomic mass is 35.5. The number of likely N-dealkylation sites (tertiary alicyclic amines) is 2. The summed E-state index contributed by atoms with van der Waals surface area (Å²) in [6.45, 7) is 3.21. The van der Waals surface area contributed by atoms with Gasteiger partial charge in [-0.3, -0.25) is 19.2 Å². The van der Waals surface area contributed by atoms with Gasteiger partial charge < -0.3 is 41.0 Å². The number of aromatic nitrogens is 2. The fourth-order valence-corrected chi connectivity index (χ4v) is 9.28. The van der Waals surface area contributed by atoms with E-state index in [0.717, 1.165) is 32.0 Å². The van der Waals surface area contributed by atoms with Gasteiger partial charge in [0.15, 0.2) is 0 Å². The number of benzene rings is 4. The Morgan fingerprint density at radius 3 is 1.68 bits per heavy atom. The number of carbonyl (C=O) groups is 6. The van der Waals surface area contributed by atoms with E-state index in [9.17, 15) is 46.3 Å². The molecule has 23 heteroatoms. The molecule has 4 aliphatic rings. The topological polar surface area (TPSA) is 207 Å². The summed E-state index contributed by atoms with van der Waals surface area (Å²) < 4.78 is 66.5. The molecule has 9 rings (SSSR count). The van der Waals surface area contributed by atoms with Crippen molar-refractivity contribution >= 4 is 82.8 Å². The van der Waals surface area contributed by atoms with E-state index in [1.165, 1.54) is 77.9 Å². The number of nitrogens with two attached hydrogens (primary N) is 1. The van der Waals surface area contributed by atoms with E-state index >= 15 is 0 Å². The number of nitrogens with one attached hydrogen (secondary N) is 3. The molecule has 394 valence electrons. The maximum absolute atomic E-state index is 14.7. The van der Waals surface area contributed by atoms with Crippen LogP contribution in [0.25, 0.3) is 0 Å². The molecule has 2 atom stereocenters. The quantitative estimate of drug-likeness (QED) is 0.0648. The van der Waals surface area contributed by atoms with Crippen molar-refractivity contribution in [3.8, 4) is 0 Å². The Balaban J connectivity index is 0.000000192. The van der Waals surface area contributed by atoms with E-state index in [2.05, 4.69) is 20.9 Å². The summed E-state index contributed by atoms with van der Waals surface area (Å²) >= 11 is 11.4. The molecular formula is C51H53Cl3F4N8O8. The molecule has 2 fully saturated rings. The zero-order valence-corrected chi connectivity index (χ0v) is 42.1. The van der Waals surface area contributed by atoms with Crippen LogP contribution in [0.2, 0.25) is 10.0 Å². The number of nitrogens with zero attached hydrogens (tertiary/aromatic N) is 4. The van der Waals surface area contributed by atoms with Gasteiger partial charge in [0.05, 0.1) is 29.3 Å². The number of ether oxygens (including phenoxy) is 2. The van der Waals surface area contributed by atoms with Gasteiger partial charge in [0.25, 0.3) is 11.8 Å². The fourth-order valence-electron chi connectivity index (χ4n) is 8.92. The molecule has 0 saturated carbocycles. The van der Waals surface area contributed by atoms with Crippen molar-refractivity contribution < 1.29 is 55.8 Å². The maximum Gasteiger partial charge on any atom is 0.419 e. The lowest BCUT2D eigenvalue weighted by Gasteiger charge is -2.17. The Labute approximate surface area is 439 Å². The van der Waals surface area contributed by atoms with Crippen LogP contribution in [0.15, 0.2) is 79.4 Å². The third kappa shape index (κ3) is 14.5. The van der Waals surface area contributed by atoms with Crippen LogP contribution in [-0.2, 0) is 31.9 Å². The lowest BCUT2D eigenvalue weighted by atomic mass is 10.0. The zero-order valence-electron chi connectivity index (χ0n) is 39.8. The number of rotatable bonds is 13. The number of hydrogen-bond acceptors (Lipinski definition) is 10. The van der Waals surface area contributed by atoms with Crippen LogP contribution in [0.5, 0.6) is 0 Å². The first-order valence-corrected chi connectivity index (χ1v) is 24.4. The average Bonchev–Trinajstić information content (AvgIpc) is 4.24. The van der Waals surface area contributed by atoms with Crippen molar-refractivity contribution in [1.82, 2.24) is 24.7 Å². The highest BCUT2D eigenvalue weighted by molar-refractivity contribution is 6.31. The first kappa shape index (κ1) is 56.6. The minimum atomic E-state index is -0.680. The molecule has 16 nitrogen and oxygen atoms in total. The molecule has 5 amide bonds. The number of alkyl carbamates (subject to hydrolysis) is 1. The number of halogens is 7. The van der Waals surface area contributed by atoms with E-state index in [4.69, 9.17) is 38.4 Å². The van der Waals surface area contributed by atoms with Crippen LogP contribution in [0.4, 0.5) is 38.5 Å². The molecular weight excluding hydrogens is 1030 g/mol. The molecule has 1 aromatic heterocycles. The van der Waals surface area contributed by atoms with Crippen LogP contribution >= 0.6 is 35.6 Å².